The standard InChI is InChI=1S/C17H20N4O3/c1-11-9-16(19-13-5-7-15(22)8-6-13)20-17(18-11)12-3-2-4-14(10-12)21(23)24/h2-4,9-10,13,15,22H,5-8H2,1H3,(H,18,19,20). The lowest BCUT2D eigenvalue weighted by Gasteiger charge is -2.26. The molecule has 1 fully saturated rings. The predicted molar refractivity (Wildman–Crippen MR) is 90.7 cm³/mol. The van der Waals surface area contributed by atoms with E-state index in [1.54, 1.807) is 12.1 Å². The van der Waals surface area contributed by atoms with Gasteiger partial charge in [0, 0.05) is 35.5 Å². The van der Waals surface area contributed by atoms with Gasteiger partial charge in [0.15, 0.2) is 5.82 Å². The van der Waals surface area contributed by atoms with E-state index >= 15 is 0 Å². The maximum atomic E-state index is 10.9. The third-order valence-corrected chi connectivity index (χ3v) is 4.22. The highest BCUT2D eigenvalue weighted by Gasteiger charge is 2.20. The fraction of sp³-hybridized carbons (Fsp3) is 0.412. The summed E-state index contributed by atoms with van der Waals surface area (Å²) in [6.45, 7) is 1.87. The summed E-state index contributed by atoms with van der Waals surface area (Å²) in [4.78, 5) is 19.4. The first-order valence-corrected chi connectivity index (χ1v) is 8.06. The van der Waals surface area contributed by atoms with Crippen LogP contribution in [0.3, 0.4) is 0 Å². The molecule has 1 aromatic carbocycles. The third-order valence-electron chi connectivity index (χ3n) is 4.22. The number of non-ortho nitro benzene ring substituents is 1. The molecule has 0 aliphatic heterocycles. The summed E-state index contributed by atoms with van der Waals surface area (Å²) in [6, 6.07) is 8.48. The topological polar surface area (TPSA) is 101 Å². The van der Waals surface area contributed by atoms with E-state index in [4.69, 9.17) is 0 Å². The van der Waals surface area contributed by atoms with Crippen LogP contribution in [0.1, 0.15) is 31.4 Å². The average molecular weight is 328 g/mol. The van der Waals surface area contributed by atoms with Crippen molar-refractivity contribution in [3.05, 3.63) is 46.1 Å². The smallest absolute Gasteiger partial charge is 0.270 e. The minimum atomic E-state index is -0.425. The lowest BCUT2D eigenvalue weighted by Crippen LogP contribution is -2.28. The number of aryl methyl sites for hydroxylation is 1. The van der Waals surface area contributed by atoms with Crippen LogP contribution in [-0.2, 0) is 0 Å². The van der Waals surface area contributed by atoms with Crippen molar-refractivity contribution in [3.8, 4) is 11.4 Å². The van der Waals surface area contributed by atoms with Gasteiger partial charge in [-0.25, -0.2) is 9.97 Å². The first-order chi connectivity index (χ1) is 11.5. The Labute approximate surface area is 139 Å². The van der Waals surface area contributed by atoms with Crippen molar-refractivity contribution in [2.75, 3.05) is 5.32 Å². The minimum absolute atomic E-state index is 0.0217. The summed E-state index contributed by atoms with van der Waals surface area (Å²) in [5.41, 5.74) is 1.44. The number of anilines is 1. The van der Waals surface area contributed by atoms with Gasteiger partial charge in [0.2, 0.25) is 0 Å². The van der Waals surface area contributed by atoms with Crippen LogP contribution in [0.15, 0.2) is 30.3 Å². The van der Waals surface area contributed by atoms with Gasteiger partial charge in [0.25, 0.3) is 5.69 Å². The van der Waals surface area contributed by atoms with Gasteiger partial charge in [0.1, 0.15) is 5.82 Å². The van der Waals surface area contributed by atoms with Gasteiger partial charge >= 0.3 is 0 Å². The largest absolute Gasteiger partial charge is 0.393 e. The molecular formula is C17H20N4O3. The van der Waals surface area contributed by atoms with Gasteiger partial charge in [0.05, 0.1) is 11.0 Å². The Kier molecular flexibility index (Phi) is 4.71. The van der Waals surface area contributed by atoms with Crippen LogP contribution in [0.2, 0.25) is 0 Å². The first kappa shape index (κ1) is 16.3. The van der Waals surface area contributed by atoms with Crippen molar-refractivity contribution in [1.82, 2.24) is 9.97 Å². The van der Waals surface area contributed by atoms with E-state index in [-0.39, 0.29) is 17.8 Å². The summed E-state index contributed by atoms with van der Waals surface area (Å²) < 4.78 is 0. The summed E-state index contributed by atoms with van der Waals surface area (Å²) in [7, 11) is 0. The predicted octanol–water partition coefficient (Wildman–Crippen LogP) is 3.08. The van der Waals surface area contributed by atoms with Crippen molar-refractivity contribution in [2.24, 2.45) is 0 Å². The number of hydrogen-bond acceptors (Lipinski definition) is 6. The number of hydrogen-bond donors (Lipinski definition) is 2. The van der Waals surface area contributed by atoms with E-state index in [1.807, 2.05) is 13.0 Å². The van der Waals surface area contributed by atoms with Gasteiger partial charge in [-0.3, -0.25) is 10.1 Å². The Balaban J connectivity index is 1.83. The Hall–Kier alpha value is -2.54. The number of nitrogens with zero attached hydrogens (tertiary/aromatic N) is 3. The summed E-state index contributed by atoms with van der Waals surface area (Å²) in [5, 5.41) is 23.9. The molecule has 0 amide bonds. The maximum Gasteiger partial charge on any atom is 0.270 e. The quantitative estimate of drug-likeness (QED) is 0.660. The van der Waals surface area contributed by atoms with Gasteiger partial charge in [-0.1, -0.05) is 12.1 Å². The molecule has 0 radical (unpaired) electrons. The van der Waals surface area contributed by atoms with Crippen molar-refractivity contribution in [1.29, 1.82) is 0 Å². The van der Waals surface area contributed by atoms with Gasteiger partial charge in [-0.15, -0.1) is 0 Å². The highest BCUT2D eigenvalue weighted by molar-refractivity contribution is 5.61. The molecular weight excluding hydrogens is 308 g/mol. The van der Waals surface area contributed by atoms with Crippen molar-refractivity contribution in [3.63, 3.8) is 0 Å². The number of nitro groups is 1. The van der Waals surface area contributed by atoms with E-state index in [9.17, 15) is 15.2 Å². The second-order valence-electron chi connectivity index (χ2n) is 6.18. The van der Waals surface area contributed by atoms with Gasteiger partial charge in [-0.05, 0) is 32.6 Å². The fourth-order valence-corrected chi connectivity index (χ4v) is 2.96. The SMILES string of the molecule is Cc1cc(NC2CCC(O)CC2)nc(-c2cccc([N+](=O)[O-])c2)n1. The van der Waals surface area contributed by atoms with E-state index in [1.165, 1.54) is 12.1 Å². The minimum Gasteiger partial charge on any atom is -0.393 e. The molecule has 7 heteroatoms. The molecule has 7 nitrogen and oxygen atoms in total. The number of nitrogens with one attached hydrogen (secondary N) is 1. The lowest BCUT2D eigenvalue weighted by atomic mass is 9.93. The number of aliphatic hydroxyl groups excluding tert-OH is 1. The van der Waals surface area contributed by atoms with Crippen LogP contribution in [0.5, 0.6) is 0 Å². The highest BCUT2D eigenvalue weighted by atomic mass is 16.6. The van der Waals surface area contributed by atoms with Gasteiger partial charge < -0.3 is 10.4 Å². The van der Waals surface area contributed by atoms with Crippen LogP contribution < -0.4 is 5.32 Å². The van der Waals surface area contributed by atoms with Crippen LogP contribution >= 0.6 is 0 Å². The summed E-state index contributed by atoms with van der Waals surface area (Å²) in [5.74, 6) is 1.18. The molecule has 1 aromatic heterocycles. The molecule has 1 saturated carbocycles. The van der Waals surface area contributed by atoms with Crippen molar-refractivity contribution in [2.45, 2.75) is 44.8 Å². The maximum absolute atomic E-state index is 10.9. The average Bonchev–Trinajstić information content (AvgIpc) is 2.56. The molecule has 2 N–H and O–H groups in total. The molecule has 0 bridgehead atoms. The van der Waals surface area contributed by atoms with Crippen LogP contribution in [-0.4, -0.2) is 32.1 Å². The molecule has 0 unspecified atom stereocenters. The summed E-state index contributed by atoms with van der Waals surface area (Å²) in [6.07, 6.45) is 3.18. The lowest BCUT2D eigenvalue weighted by molar-refractivity contribution is -0.384. The number of aromatic nitrogens is 2. The van der Waals surface area contributed by atoms with Crippen molar-refractivity contribution < 1.29 is 10.0 Å². The zero-order valence-electron chi connectivity index (χ0n) is 13.5. The normalized spacial score (nSPS) is 20.6. The van der Waals surface area contributed by atoms with Crippen molar-refractivity contribution >= 4 is 11.5 Å². The number of aliphatic hydroxyl groups is 1. The zero-order valence-corrected chi connectivity index (χ0v) is 13.5. The fourth-order valence-electron chi connectivity index (χ4n) is 2.96. The first-order valence-electron chi connectivity index (χ1n) is 8.06. The number of benzene rings is 1. The van der Waals surface area contributed by atoms with Crippen LogP contribution in [0.25, 0.3) is 11.4 Å². The van der Waals surface area contributed by atoms with E-state index in [0.717, 1.165) is 31.4 Å². The summed E-state index contributed by atoms with van der Waals surface area (Å²) >= 11 is 0. The molecule has 24 heavy (non-hydrogen) atoms. The van der Waals surface area contributed by atoms with Crippen LogP contribution in [0.4, 0.5) is 11.5 Å². The molecule has 0 spiro atoms. The molecule has 0 saturated heterocycles. The molecule has 3 rings (SSSR count). The third kappa shape index (κ3) is 3.86. The zero-order chi connectivity index (χ0) is 17.1. The van der Waals surface area contributed by atoms with Crippen LogP contribution in [0, 0.1) is 17.0 Å². The Bertz CT molecular complexity index is 742. The Morgan fingerprint density at radius 3 is 2.67 bits per heavy atom. The van der Waals surface area contributed by atoms with Gasteiger partial charge in [-0.2, -0.15) is 0 Å². The second kappa shape index (κ2) is 6.92. The van der Waals surface area contributed by atoms with E-state index < -0.39 is 4.92 Å². The molecule has 1 heterocycles. The highest BCUT2D eigenvalue weighted by Crippen LogP contribution is 2.25. The molecule has 0 atom stereocenters. The van der Waals surface area contributed by atoms with E-state index in [2.05, 4.69) is 15.3 Å². The number of nitro benzene ring substituents is 1. The monoisotopic (exact) mass is 328 g/mol. The Morgan fingerprint density at radius 1 is 1.21 bits per heavy atom. The number of rotatable bonds is 4. The molecule has 2 aromatic rings. The second-order valence-corrected chi connectivity index (χ2v) is 6.18. The molecule has 1 aliphatic rings. The Morgan fingerprint density at radius 2 is 1.96 bits per heavy atom. The molecule has 1 aliphatic carbocycles. The molecule has 126 valence electrons. The van der Waals surface area contributed by atoms with E-state index in [0.29, 0.717) is 17.2 Å².